The Labute approximate surface area is 190 Å². The van der Waals surface area contributed by atoms with Crippen LogP contribution in [0.1, 0.15) is 24.8 Å². The third-order valence-electron chi connectivity index (χ3n) is 6.39. The van der Waals surface area contributed by atoms with Gasteiger partial charge in [-0.2, -0.15) is 13.2 Å². The summed E-state index contributed by atoms with van der Waals surface area (Å²) >= 11 is 0. The normalized spacial score (nSPS) is 22.3. The molecule has 2 aromatic rings. The monoisotopic (exact) mass is 461 g/mol. The number of anilines is 1. The van der Waals surface area contributed by atoms with Gasteiger partial charge in [0.1, 0.15) is 0 Å². The molecular formula is C23H26F3N5O2. The number of aromatic nitrogens is 2. The summed E-state index contributed by atoms with van der Waals surface area (Å²) in [5.74, 6) is -1.23. The van der Waals surface area contributed by atoms with Crippen molar-refractivity contribution in [2.24, 2.45) is 0 Å². The first-order valence-corrected chi connectivity index (χ1v) is 11.0. The lowest BCUT2D eigenvalue weighted by Gasteiger charge is -2.34. The highest BCUT2D eigenvalue weighted by Crippen LogP contribution is 2.48. The maximum absolute atomic E-state index is 14.1. The molecule has 0 bridgehead atoms. The fraction of sp³-hybridized carbons (Fsp3) is 0.478. The smallest absolute Gasteiger partial charge is 0.338 e. The number of imide groups is 1. The van der Waals surface area contributed by atoms with Crippen molar-refractivity contribution in [3.63, 3.8) is 0 Å². The highest BCUT2D eigenvalue weighted by Gasteiger charge is 2.67. The molecular weight excluding hydrogens is 435 g/mol. The number of amides is 2. The van der Waals surface area contributed by atoms with Crippen molar-refractivity contribution >= 4 is 17.8 Å². The van der Waals surface area contributed by atoms with Crippen molar-refractivity contribution < 1.29 is 22.8 Å². The van der Waals surface area contributed by atoms with Crippen molar-refractivity contribution in [2.45, 2.75) is 30.9 Å². The molecule has 0 radical (unpaired) electrons. The van der Waals surface area contributed by atoms with Crippen molar-refractivity contribution in [1.82, 2.24) is 19.8 Å². The number of hydrogen-bond acceptors (Lipinski definition) is 6. The second kappa shape index (κ2) is 9.46. The van der Waals surface area contributed by atoms with Gasteiger partial charge >= 0.3 is 6.18 Å². The van der Waals surface area contributed by atoms with Crippen LogP contribution in [-0.4, -0.2) is 77.0 Å². The highest BCUT2D eigenvalue weighted by molar-refractivity contribution is 6.09. The van der Waals surface area contributed by atoms with Gasteiger partial charge in [0.2, 0.25) is 17.8 Å². The van der Waals surface area contributed by atoms with Gasteiger partial charge in [0.15, 0.2) is 5.41 Å². The minimum absolute atomic E-state index is 0.000149. The molecule has 4 rings (SSSR count). The summed E-state index contributed by atoms with van der Waals surface area (Å²) in [6.07, 6.45) is -1.16. The molecule has 1 unspecified atom stereocenters. The molecule has 0 saturated carbocycles. The van der Waals surface area contributed by atoms with Gasteiger partial charge < -0.3 is 4.90 Å². The molecule has 2 aliphatic heterocycles. The quantitative estimate of drug-likeness (QED) is 0.467. The summed E-state index contributed by atoms with van der Waals surface area (Å²) < 4.78 is 42.2. The van der Waals surface area contributed by atoms with Crippen molar-refractivity contribution in [2.75, 3.05) is 44.2 Å². The van der Waals surface area contributed by atoms with Crippen LogP contribution in [0.15, 0.2) is 48.8 Å². The Morgan fingerprint density at radius 3 is 2.15 bits per heavy atom. The molecule has 2 aliphatic rings. The predicted molar refractivity (Wildman–Crippen MR) is 115 cm³/mol. The van der Waals surface area contributed by atoms with E-state index in [0.717, 1.165) is 37.6 Å². The third kappa shape index (κ3) is 4.57. The van der Waals surface area contributed by atoms with Gasteiger partial charge in [-0.25, -0.2) is 9.97 Å². The number of hydrogen-bond donors (Lipinski definition) is 0. The van der Waals surface area contributed by atoms with E-state index >= 15 is 0 Å². The van der Waals surface area contributed by atoms with E-state index in [-0.39, 0.29) is 12.1 Å². The maximum atomic E-state index is 14.1. The van der Waals surface area contributed by atoms with Crippen LogP contribution in [0.25, 0.3) is 0 Å². The lowest BCUT2D eigenvalue weighted by molar-refractivity contribution is -0.193. The van der Waals surface area contributed by atoms with E-state index in [1.165, 1.54) is 24.3 Å². The van der Waals surface area contributed by atoms with Crippen LogP contribution in [0.5, 0.6) is 0 Å². The molecule has 2 amide bonds. The van der Waals surface area contributed by atoms with Gasteiger partial charge in [0.05, 0.1) is 6.42 Å². The number of alkyl halides is 3. The summed E-state index contributed by atoms with van der Waals surface area (Å²) in [5.41, 5.74) is -2.97. The predicted octanol–water partition coefficient (Wildman–Crippen LogP) is 2.64. The zero-order valence-corrected chi connectivity index (χ0v) is 18.2. The Hall–Kier alpha value is -3.01. The van der Waals surface area contributed by atoms with Gasteiger partial charge in [-0.05, 0) is 31.0 Å². The van der Waals surface area contributed by atoms with Crippen LogP contribution in [0.4, 0.5) is 19.1 Å². The van der Waals surface area contributed by atoms with Crippen LogP contribution in [0.3, 0.4) is 0 Å². The minimum Gasteiger partial charge on any atom is -0.338 e. The summed E-state index contributed by atoms with van der Waals surface area (Å²) in [6.45, 7) is 3.98. The standard InChI is InChI=1S/C23H26F3N5O2/c24-23(25,26)22(18-7-2-1-3-8-18)17-19(32)31(20(22)33)12-5-4-11-29-13-15-30(16-14-29)21-27-9-6-10-28-21/h1-3,6-10H,4-5,11-17H2. The Balaban J connectivity index is 1.30. The molecule has 2 fully saturated rings. The van der Waals surface area contributed by atoms with E-state index in [4.69, 9.17) is 0 Å². The lowest BCUT2D eigenvalue weighted by atomic mass is 9.78. The third-order valence-corrected chi connectivity index (χ3v) is 6.39. The van der Waals surface area contributed by atoms with E-state index in [2.05, 4.69) is 19.8 Å². The van der Waals surface area contributed by atoms with Gasteiger partial charge in [0, 0.05) is 45.1 Å². The summed E-state index contributed by atoms with van der Waals surface area (Å²) in [6, 6.07) is 8.79. The first kappa shape index (κ1) is 23.2. The molecule has 0 aliphatic carbocycles. The Bertz CT molecular complexity index is 965. The minimum atomic E-state index is -4.85. The summed E-state index contributed by atoms with van der Waals surface area (Å²) in [4.78, 5) is 39.1. The second-order valence-electron chi connectivity index (χ2n) is 8.38. The van der Waals surface area contributed by atoms with Crippen molar-refractivity contribution in [3.05, 3.63) is 54.4 Å². The van der Waals surface area contributed by atoms with Crippen LogP contribution in [-0.2, 0) is 15.0 Å². The molecule has 1 aromatic carbocycles. The van der Waals surface area contributed by atoms with Crippen LogP contribution in [0.2, 0.25) is 0 Å². The lowest BCUT2D eigenvalue weighted by Crippen LogP contribution is -2.49. The average molecular weight is 461 g/mol. The van der Waals surface area contributed by atoms with E-state index in [1.54, 1.807) is 24.5 Å². The molecule has 33 heavy (non-hydrogen) atoms. The van der Waals surface area contributed by atoms with Crippen molar-refractivity contribution in [3.8, 4) is 0 Å². The molecule has 7 nitrogen and oxygen atoms in total. The Kier molecular flexibility index (Phi) is 6.64. The molecule has 1 atom stereocenters. The summed E-state index contributed by atoms with van der Waals surface area (Å²) in [5, 5.41) is 0. The summed E-state index contributed by atoms with van der Waals surface area (Å²) in [7, 11) is 0. The number of carbonyl (C=O) groups is 2. The van der Waals surface area contributed by atoms with E-state index in [0.29, 0.717) is 18.8 Å². The van der Waals surface area contributed by atoms with Crippen LogP contribution < -0.4 is 4.90 Å². The molecule has 10 heteroatoms. The SMILES string of the molecule is O=C1CC(c2ccccc2)(C(F)(F)F)C(=O)N1CCCCN1CCN(c2ncccn2)CC1. The average Bonchev–Trinajstić information content (AvgIpc) is 3.09. The Morgan fingerprint density at radius 1 is 0.879 bits per heavy atom. The zero-order chi connectivity index (χ0) is 23.5. The number of rotatable bonds is 7. The van der Waals surface area contributed by atoms with Gasteiger partial charge in [0.25, 0.3) is 0 Å². The van der Waals surface area contributed by atoms with E-state index in [9.17, 15) is 22.8 Å². The second-order valence-corrected chi connectivity index (χ2v) is 8.38. The molecule has 3 heterocycles. The maximum Gasteiger partial charge on any atom is 0.407 e. The number of piperazine rings is 1. The van der Waals surface area contributed by atoms with E-state index in [1.807, 2.05) is 0 Å². The highest BCUT2D eigenvalue weighted by atomic mass is 19.4. The molecule has 1 aromatic heterocycles. The Morgan fingerprint density at radius 2 is 1.52 bits per heavy atom. The van der Waals surface area contributed by atoms with Gasteiger partial charge in [-0.3, -0.25) is 19.4 Å². The van der Waals surface area contributed by atoms with Crippen LogP contribution >= 0.6 is 0 Å². The number of unbranched alkanes of at least 4 members (excludes halogenated alkanes) is 1. The van der Waals surface area contributed by atoms with Gasteiger partial charge in [-0.1, -0.05) is 30.3 Å². The first-order valence-electron chi connectivity index (χ1n) is 11.0. The number of nitrogens with zero attached hydrogens (tertiary/aromatic N) is 5. The fourth-order valence-corrected chi connectivity index (χ4v) is 4.53. The van der Waals surface area contributed by atoms with Crippen LogP contribution in [0, 0.1) is 0 Å². The largest absolute Gasteiger partial charge is 0.407 e. The molecule has 0 N–H and O–H groups in total. The molecule has 2 saturated heterocycles. The topological polar surface area (TPSA) is 69.6 Å². The zero-order valence-electron chi connectivity index (χ0n) is 18.2. The molecule has 0 spiro atoms. The number of likely N-dealkylation sites (tertiary alicyclic amines) is 1. The van der Waals surface area contributed by atoms with E-state index < -0.39 is 29.8 Å². The number of carbonyl (C=O) groups excluding carboxylic acids is 2. The number of benzene rings is 1. The fourth-order valence-electron chi connectivity index (χ4n) is 4.53. The number of halogens is 3. The van der Waals surface area contributed by atoms with Crippen molar-refractivity contribution in [1.29, 1.82) is 0 Å². The molecule has 176 valence electrons. The first-order chi connectivity index (χ1) is 15.8. The van der Waals surface area contributed by atoms with Gasteiger partial charge in [-0.15, -0.1) is 0 Å².